The van der Waals surface area contributed by atoms with Crippen LogP contribution < -0.4 is 5.32 Å². The van der Waals surface area contributed by atoms with E-state index in [1.807, 2.05) is 11.0 Å². The highest BCUT2D eigenvalue weighted by Gasteiger charge is 2.27. The topological polar surface area (TPSA) is 61.4 Å². The van der Waals surface area contributed by atoms with E-state index in [0.29, 0.717) is 11.7 Å². The second kappa shape index (κ2) is 8.82. The molecular formula is C17H29N5O. The molecule has 23 heavy (non-hydrogen) atoms. The van der Waals surface area contributed by atoms with E-state index in [0.717, 1.165) is 51.1 Å². The molecular weight excluding hydrogens is 290 g/mol. The van der Waals surface area contributed by atoms with Gasteiger partial charge in [-0.15, -0.1) is 10.2 Å². The molecule has 1 atom stereocenters. The van der Waals surface area contributed by atoms with Gasteiger partial charge in [-0.1, -0.05) is 6.92 Å². The first-order valence-corrected chi connectivity index (χ1v) is 8.65. The molecule has 0 aromatic carbocycles. The zero-order valence-corrected chi connectivity index (χ0v) is 14.6. The van der Waals surface area contributed by atoms with Crippen molar-refractivity contribution >= 4 is 11.7 Å². The van der Waals surface area contributed by atoms with Crippen molar-refractivity contribution in [2.45, 2.75) is 45.1 Å². The van der Waals surface area contributed by atoms with Crippen LogP contribution in [0.1, 0.15) is 49.5 Å². The molecule has 1 N–H and O–H groups in total. The third-order valence-electron chi connectivity index (χ3n) is 4.33. The van der Waals surface area contributed by atoms with Crippen molar-refractivity contribution in [3.8, 4) is 0 Å². The van der Waals surface area contributed by atoms with E-state index in [-0.39, 0.29) is 5.91 Å². The zero-order chi connectivity index (χ0) is 16.7. The SMILES string of the molecule is CCC1CCCCN1C(=O)c1ccc(NCCCN(C)C)nn1. The predicted molar refractivity (Wildman–Crippen MR) is 92.7 cm³/mol. The van der Waals surface area contributed by atoms with E-state index in [4.69, 9.17) is 0 Å². The van der Waals surface area contributed by atoms with Gasteiger partial charge in [0.25, 0.3) is 5.91 Å². The van der Waals surface area contributed by atoms with Gasteiger partial charge in [-0.05, 0) is 64.9 Å². The molecule has 1 aliphatic rings. The van der Waals surface area contributed by atoms with Crippen LogP contribution >= 0.6 is 0 Å². The first-order valence-electron chi connectivity index (χ1n) is 8.65. The number of hydrogen-bond donors (Lipinski definition) is 1. The van der Waals surface area contributed by atoms with Crippen LogP contribution in [0.15, 0.2) is 12.1 Å². The highest BCUT2D eigenvalue weighted by molar-refractivity contribution is 5.92. The number of piperidine rings is 1. The van der Waals surface area contributed by atoms with E-state index in [9.17, 15) is 4.79 Å². The van der Waals surface area contributed by atoms with Gasteiger partial charge in [0, 0.05) is 19.1 Å². The Kier molecular flexibility index (Phi) is 6.77. The lowest BCUT2D eigenvalue weighted by Gasteiger charge is -2.34. The number of likely N-dealkylation sites (tertiary alicyclic amines) is 1. The van der Waals surface area contributed by atoms with Gasteiger partial charge in [0.05, 0.1) is 0 Å². The minimum Gasteiger partial charge on any atom is -0.369 e. The minimum absolute atomic E-state index is 0.0169. The molecule has 1 amide bonds. The largest absolute Gasteiger partial charge is 0.369 e. The summed E-state index contributed by atoms with van der Waals surface area (Å²) >= 11 is 0. The summed E-state index contributed by atoms with van der Waals surface area (Å²) in [6, 6.07) is 3.98. The Hall–Kier alpha value is -1.69. The highest BCUT2D eigenvalue weighted by atomic mass is 16.2. The normalized spacial score (nSPS) is 18.3. The quantitative estimate of drug-likeness (QED) is 0.781. The van der Waals surface area contributed by atoms with Gasteiger partial charge in [-0.25, -0.2) is 0 Å². The lowest BCUT2D eigenvalue weighted by molar-refractivity contribution is 0.0601. The number of nitrogens with one attached hydrogen (secondary N) is 1. The molecule has 1 aromatic heterocycles. The van der Waals surface area contributed by atoms with E-state index in [1.165, 1.54) is 6.42 Å². The molecule has 2 heterocycles. The predicted octanol–water partition coefficient (Wildman–Crippen LogP) is 2.24. The maximum Gasteiger partial charge on any atom is 0.274 e. The van der Waals surface area contributed by atoms with E-state index in [2.05, 4.69) is 41.4 Å². The van der Waals surface area contributed by atoms with Crippen LogP contribution in [0.3, 0.4) is 0 Å². The number of amides is 1. The average Bonchev–Trinajstić information content (AvgIpc) is 2.58. The monoisotopic (exact) mass is 319 g/mol. The zero-order valence-electron chi connectivity index (χ0n) is 14.6. The summed E-state index contributed by atoms with van der Waals surface area (Å²) < 4.78 is 0. The van der Waals surface area contributed by atoms with Crippen molar-refractivity contribution in [1.82, 2.24) is 20.0 Å². The van der Waals surface area contributed by atoms with Crippen LogP contribution in [-0.2, 0) is 0 Å². The van der Waals surface area contributed by atoms with Crippen LogP contribution in [-0.4, -0.2) is 65.7 Å². The minimum atomic E-state index is 0.0169. The fourth-order valence-corrected chi connectivity index (χ4v) is 2.99. The van der Waals surface area contributed by atoms with E-state index >= 15 is 0 Å². The van der Waals surface area contributed by atoms with Crippen molar-refractivity contribution in [1.29, 1.82) is 0 Å². The van der Waals surface area contributed by atoms with Crippen molar-refractivity contribution in [3.05, 3.63) is 17.8 Å². The maximum absolute atomic E-state index is 12.6. The van der Waals surface area contributed by atoms with Crippen LogP contribution in [0.2, 0.25) is 0 Å². The number of anilines is 1. The second-order valence-electron chi connectivity index (χ2n) is 6.44. The van der Waals surface area contributed by atoms with Crippen molar-refractivity contribution in [2.24, 2.45) is 0 Å². The Morgan fingerprint density at radius 2 is 2.17 bits per heavy atom. The molecule has 0 aliphatic carbocycles. The fourth-order valence-electron chi connectivity index (χ4n) is 2.99. The molecule has 1 aliphatic heterocycles. The van der Waals surface area contributed by atoms with Gasteiger partial charge in [-0.2, -0.15) is 0 Å². The fraction of sp³-hybridized carbons (Fsp3) is 0.706. The molecule has 0 saturated carbocycles. The molecule has 1 fully saturated rings. The Morgan fingerprint density at radius 1 is 1.35 bits per heavy atom. The molecule has 1 aromatic rings. The Labute approximate surface area is 139 Å². The van der Waals surface area contributed by atoms with Crippen LogP contribution in [0.5, 0.6) is 0 Å². The van der Waals surface area contributed by atoms with Gasteiger partial charge >= 0.3 is 0 Å². The first kappa shape index (κ1) is 17.7. The summed E-state index contributed by atoms with van der Waals surface area (Å²) in [5.74, 6) is 0.745. The number of nitrogens with zero attached hydrogens (tertiary/aromatic N) is 4. The van der Waals surface area contributed by atoms with E-state index in [1.54, 1.807) is 6.07 Å². The molecule has 2 rings (SSSR count). The molecule has 128 valence electrons. The number of hydrogen-bond acceptors (Lipinski definition) is 5. The summed E-state index contributed by atoms with van der Waals surface area (Å²) in [6.45, 7) is 4.86. The molecule has 0 radical (unpaired) electrons. The molecule has 6 nitrogen and oxygen atoms in total. The molecule has 0 bridgehead atoms. The summed E-state index contributed by atoms with van der Waals surface area (Å²) in [6.07, 6.45) is 5.44. The molecule has 1 saturated heterocycles. The summed E-state index contributed by atoms with van der Waals surface area (Å²) in [4.78, 5) is 16.7. The lowest BCUT2D eigenvalue weighted by Crippen LogP contribution is -2.43. The molecule has 6 heteroatoms. The number of carbonyl (C=O) groups is 1. The summed E-state index contributed by atoms with van der Waals surface area (Å²) in [5, 5.41) is 11.5. The standard InChI is InChI=1S/C17H29N5O/c1-4-14-8-5-6-13-22(14)17(23)15-9-10-16(20-19-15)18-11-7-12-21(2)3/h9-10,14H,4-8,11-13H2,1-3H3,(H,18,20). The molecule has 1 unspecified atom stereocenters. The number of carbonyl (C=O) groups excluding carboxylic acids is 1. The smallest absolute Gasteiger partial charge is 0.274 e. The Balaban J connectivity index is 1.89. The van der Waals surface area contributed by atoms with Crippen LogP contribution in [0, 0.1) is 0 Å². The third-order valence-corrected chi connectivity index (χ3v) is 4.33. The van der Waals surface area contributed by atoms with Gasteiger partial charge in [0.15, 0.2) is 5.69 Å². The van der Waals surface area contributed by atoms with Gasteiger partial charge in [0.2, 0.25) is 0 Å². The maximum atomic E-state index is 12.6. The van der Waals surface area contributed by atoms with Crippen LogP contribution in [0.25, 0.3) is 0 Å². The first-order chi connectivity index (χ1) is 11.1. The average molecular weight is 319 g/mol. The Morgan fingerprint density at radius 3 is 2.83 bits per heavy atom. The number of aromatic nitrogens is 2. The summed E-state index contributed by atoms with van der Waals surface area (Å²) in [7, 11) is 4.12. The second-order valence-corrected chi connectivity index (χ2v) is 6.44. The Bertz CT molecular complexity index is 488. The van der Waals surface area contributed by atoms with Crippen molar-refractivity contribution in [2.75, 3.05) is 39.0 Å². The van der Waals surface area contributed by atoms with E-state index < -0.39 is 0 Å². The lowest BCUT2D eigenvalue weighted by atomic mass is 9.99. The summed E-state index contributed by atoms with van der Waals surface area (Å²) in [5.41, 5.74) is 0.448. The molecule has 0 spiro atoms. The highest BCUT2D eigenvalue weighted by Crippen LogP contribution is 2.21. The van der Waals surface area contributed by atoms with Crippen molar-refractivity contribution < 1.29 is 4.79 Å². The van der Waals surface area contributed by atoms with Gasteiger partial charge in [0.1, 0.15) is 5.82 Å². The van der Waals surface area contributed by atoms with Gasteiger partial charge < -0.3 is 15.1 Å². The van der Waals surface area contributed by atoms with Crippen LogP contribution in [0.4, 0.5) is 5.82 Å². The third kappa shape index (κ3) is 5.16. The van der Waals surface area contributed by atoms with Crippen molar-refractivity contribution in [3.63, 3.8) is 0 Å². The number of rotatable bonds is 7. The van der Waals surface area contributed by atoms with Gasteiger partial charge in [-0.3, -0.25) is 4.79 Å².